The Kier molecular flexibility index (Phi) is 5.36. The van der Waals surface area contributed by atoms with Gasteiger partial charge in [-0.1, -0.05) is 42.1 Å². The molecule has 0 saturated carbocycles. The average molecular weight is 493 g/mol. The Hall–Kier alpha value is -4.68. The molecule has 0 amide bonds. The fourth-order valence-electron chi connectivity index (χ4n) is 4.26. The van der Waals surface area contributed by atoms with Crippen LogP contribution in [0.4, 0.5) is 4.39 Å². The van der Waals surface area contributed by atoms with Crippen molar-refractivity contribution >= 4 is 28.4 Å². The maximum absolute atomic E-state index is 13.5. The molecule has 0 saturated heterocycles. The van der Waals surface area contributed by atoms with Crippen molar-refractivity contribution in [3.63, 3.8) is 0 Å². The molecule has 3 heterocycles. The summed E-state index contributed by atoms with van der Waals surface area (Å²) in [6, 6.07) is 26.9. The minimum absolute atomic E-state index is 0.214. The molecular formula is C27H17FN6OS. The zero-order valence-electron chi connectivity index (χ0n) is 18.7. The lowest BCUT2D eigenvalue weighted by molar-refractivity contribution is 0.628. The van der Waals surface area contributed by atoms with Gasteiger partial charge in [0.05, 0.1) is 16.6 Å². The third-order valence-electron chi connectivity index (χ3n) is 5.92. The van der Waals surface area contributed by atoms with E-state index in [1.54, 1.807) is 12.1 Å². The molecular weight excluding hydrogens is 475 g/mol. The Labute approximate surface area is 208 Å². The van der Waals surface area contributed by atoms with Crippen molar-refractivity contribution in [2.75, 3.05) is 0 Å². The van der Waals surface area contributed by atoms with E-state index in [0.29, 0.717) is 33.5 Å². The van der Waals surface area contributed by atoms with Crippen LogP contribution in [0.3, 0.4) is 0 Å². The minimum atomic E-state index is -0.332. The number of thioether (sulfide) groups is 1. The van der Waals surface area contributed by atoms with Gasteiger partial charge in [-0.25, -0.2) is 4.39 Å². The van der Waals surface area contributed by atoms with Crippen molar-refractivity contribution in [3.05, 3.63) is 112 Å². The van der Waals surface area contributed by atoms with Crippen LogP contribution in [-0.4, -0.2) is 24.1 Å². The number of fused-ring (bicyclic) bond motifs is 3. The van der Waals surface area contributed by atoms with Gasteiger partial charge in [0.2, 0.25) is 0 Å². The number of nitrogens with zero attached hydrogens (tertiary/aromatic N) is 5. The normalized spacial score (nSPS) is 11.2. The molecule has 0 aliphatic heterocycles. The van der Waals surface area contributed by atoms with Gasteiger partial charge >= 0.3 is 0 Å². The van der Waals surface area contributed by atoms with Gasteiger partial charge in [0.1, 0.15) is 17.5 Å². The maximum atomic E-state index is 13.5. The molecule has 0 unspecified atom stereocenters. The molecule has 174 valence electrons. The lowest BCUT2D eigenvalue weighted by atomic mass is 10.1. The molecule has 9 heteroatoms. The maximum Gasteiger partial charge on any atom is 0.257 e. The first-order chi connectivity index (χ1) is 17.6. The molecule has 36 heavy (non-hydrogen) atoms. The van der Waals surface area contributed by atoms with Crippen LogP contribution in [0, 0.1) is 17.1 Å². The zero-order chi connectivity index (χ0) is 24.6. The molecule has 6 rings (SSSR count). The molecule has 0 atom stereocenters. The van der Waals surface area contributed by atoms with Crippen LogP contribution in [0.5, 0.6) is 0 Å². The van der Waals surface area contributed by atoms with Gasteiger partial charge in [-0.15, -0.1) is 10.2 Å². The third kappa shape index (κ3) is 3.65. The molecule has 7 nitrogen and oxygen atoms in total. The van der Waals surface area contributed by atoms with Crippen LogP contribution in [0.25, 0.3) is 33.8 Å². The number of aromatic nitrogens is 5. The second-order valence-electron chi connectivity index (χ2n) is 8.09. The second-order valence-corrected chi connectivity index (χ2v) is 9.04. The number of rotatable bonds is 5. The highest BCUT2D eigenvalue weighted by atomic mass is 32.2. The molecule has 6 aromatic rings. The summed E-state index contributed by atoms with van der Waals surface area (Å²) in [5, 5.41) is 19.3. The van der Waals surface area contributed by atoms with Crippen molar-refractivity contribution in [2.45, 2.75) is 10.9 Å². The summed E-state index contributed by atoms with van der Waals surface area (Å²) in [4.78, 5) is 16.2. The van der Waals surface area contributed by atoms with Gasteiger partial charge in [0.25, 0.3) is 5.56 Å². The van der Waals surface area contributed by atoms with E-state index in [1.165, 1.54) is 34.4 Å². The number of pyridine rings is 1. The van der Waals surface area contributed by atoms with E-state index in [-0.39, 0.29) is 11.4 Å². The van der Waals surface area contributed by atoms with E-state index in [1.807, 2.05) is 59.2 Å². The number of nitriles is 1. The number of halogens is 1. The van der Waals surface area contributed by atoms with Gasteiger partial charge in [0.15, 0.2) is 11.0 Å². The van der Waals surface area contributed by atoms with E-state index in [0.717, 1.165) is 22.3 Å². The lowest BCUT2D eigenvalue weighted by Gasteiger charge is -2.11. The predicted molar refractivity (Wildman–Crippen MR) is 137 cm³/mol. The molecule has 0 aliphatic rings. The Balaban J connectivity index is 1.43. The summed E-state index contributed by atoms with van der Waals surface area (Å²) in [5.74, 6) is 0.565. The van der Waals surface area contributed by atoms with Gasteiger partial charge in [-0.3, -0.25) is 13.8 Å². The van der Waals surface area contributed by atoms with Gasteiger partial charge < -0.3 is 4.98 Å². The number of benzene rings is 3. The molecule has 0 fully saturated rings. The molecule has 0 aliphatic carbocycles. The van der Waals surface area contributed by atoms with E-state index in [9.17, 15) is 14.4 Å². The standard InChI is InChI=1S/C27H17FN6OS/c28-19-12-10-17(11-13-19)25-31-32-27(33(25)20-6-2-1-3-7-20)36-16-18-14-24(35)34-23-9-5-4-8-22(23)30-26(34)21(18)15-29/h1-14,30H,16H2. The van der Waals surface area contributed by atoms with Crippen molar-refractivity contribution in [1.29, 1.82) is 5.26 Å². The van der Waals surface area contributed by atoms with Crippen LogP contribution in [0.2, 0.25) is 0 Å². The van der Waals surface area contributed by atoms with Crippen LogP contribution >= 0.6 is 11.8 Å². The highest BCUT2D eigenvalue weighted by Crippen LogP contribution is 2.31. The molecule has 3 aromatic heterocycles. The van der Waals surface area contributed by atoms with Gasteiger partial charge in [-0.2, -0.15) is 5.26 Å². The summed E-state index contributed by atoms with van der Waals surface area (Å²) < 4.78 is 16.9. The number of imidazole rings is 1. The van der Waals surface area contributed by atoms with Crippen molar-refractivity contribution in [3.8, 4) is 23.1 Å². The first-order valence-corrected chi connectivity index (χ1v) is 12.1. The summed E-state index contributed by atoms with van der Waals surface area (Å²) in [6.45, 7) is 0. The smallest absolute Gasteiger partial charge is 0.257 e. The Morgan fingerprint density at radius 2 is 1.72 bits per heavy atom. The summed E-state index contributed by atoms with van der Waals surface area (Å²) >= 11 is 1.37. The van der Waals surface area contributed by atoms with Crippen molar-refractivity contribution in [2.24, 2.45) is 0 Å². The molecule has 0 spiro atoms. The Morgan fingerprint density at radius 3 is 2.50 bits per heavy atom. The second kappa shape index (κ2) is 8.83. The first kappa shape index (κ1) is 21.8. The zero-order valence-corrected chi connectivity index (χ0v) is 19.5. The van der Waals surface area contributed by atoms with Crippen LogP contribution in [-0.2, 0) is 5.75 Å². The molecule has 0 bridgehead atoms. The minimum Gasteiger partial charge on any atom is -0.338 e. The third-order valence-corrected chi connectivity index (χ3v) is 6.89. The largest absolute Gasteiger partial charge is 0.338 e. The number of nitrogens with one attached hydrogen (secondary N) is 1. The van der Waals surface area contributed by atoms with Gasteiger partial charge in [-0.05, 0) is 54.1 Å². The van der Waals surface area contributed by atoms with Crippen LogP contribution in [0.1, 0.15) is 11.1 Å². The Morgan fingerprint density at radius 1 is 0.972 bits per heavy atom. The fourth-order valence-corrected chi connectivity index (χ4v) is 5.19. The predicted octanol–water partition coefficient (Wildman–Crippen LogP) is 5.33. The molecule has 0 radical (unpaired) electrons. The summed E-state index contributed by atoms with van der Waals surface area (Å²) in [7, 11) is 0. The van der Waals surface area contributed by atoms with Crippen LogP contribution in [0.15, 0.2) is 94.9 Å². The summed E-state index contributed by atoms with van der Waals surface area (Å²) in [5.41, 5.74) is 4.33. The van der Waals surface area contributed by atoms with Crippen molar-refractivity contribution in [1.82, 2.24) is 24.1 Å². The lowest BCUT2D eigenvalue weighted by Crippen LogP contribution is -2.14. The van der Waals surface area contributed by atoms with E-state index in [4.69, 9.17) is 0 Å². The highest BCUT2D eigenvalue weighted by molar-refractivity contribution is 7.98. The number of hydrogen-bond donors (Lipinski definition) is 1. The summed E-state index contributed by atoms with van der Waals surface area (Å²) in [6.07, 6.45) is 0. The quantitative estimate of drug-likeness (QED) is 0.329. The van der Waals surface area contributed by atoms with E-state index >= 15 is 0 Å². The van der Waals surface area contributed by atoms with Crippen molar-refractivity contribution < 1.29 is 4.39 Å². The highest BCUT2D eigenvalue weighted by Gasteiger charge is 2.19. The average Bonchev–Trinajstić information content (AvgIpc) is 3.51. The number of para-hydroxylation sites is 3. The monoisotopic (exact) mass is 492 g/mol. The molecule has 1 N–H and O–H groups in total. The topological polar surface area (TPSA) is 91.8 Å². The Bertz CT molecular complexity index is 1830. The molecule has 3 aromatic carbocycles. The van der Waals surface area contributed by atoms with E-state index in [2.05, 4.69) is 21.3 Å². The SMILES string of the molecule is N#Cc1c(CSc2nnc(-c3ccc(F)cc3)n2-c2ccccc2)cc(=O)n2c1[nH]c1ccccc12. The fraction of sp³-hybridized carbons (Fsp3) is 0.0370. The first-order valence-electron chi connectivity index (χ1n) is 11.1. The number of H-pyrrole nitrogens is 1. The van der Waals surface area contributed by atoms with Gasteiger partial charge in [0, 0.05) is 23.1 Å². The van der Waals surface area contributed by atoms with E-state index < -0.39 is 0 Å². The number of aromatic amines is 1. The van der Waals surface area contributed by atoms with Crippen LogP contribution < -0.4 is 5.56 Å². The number of hydrogen-bond acceptors (Lipinski definition) is 5.